The smallest absolute Gasteiger partial charge is 0.372 e. The van der Waals surface area contributed by atoms with Gasteiger partial charge < -0.3 is 9.64 Å². The van der Waals surface area contributed by atoms with E-state index in [0.717, 1.165) is 18.2 Å². The molecule has 0 aromatic heterocycles. The number of ether oxygens (including phenoxy) is 1. The van der Waals surface area contributed by atoms with Gasteiger partial charge in [0.25, 0.3) is 6.43 Å². The molecule has 1 aromatic rings. The molecule has 24 heavy (non-hydrogen) atoms. The Kier molecular flexibility index (Phi) is 5.93. The molecule has 2 rings (SSSR count). The summed E-state index contributed by atoms with van der Waals surface area (Å²) in [5.74, 6) is -0.504. The normalized spacial score (nSPS) is 18.8. The largest absolute Gasteiger partial charge is 0.416 e. The zero-order valence-electron chi connectivity index (χ0n) is 12.6. The Balaban J connectivity index is 1.80. The molecule has 0 aliphatic carbocycles. The third-order valence-electron chi connectivity index (χ3n) is 3.61. The summed E-state index contributed by atoms with van der Waals surface area (Å²) in [4.78, 5) is 13.0. The van der Waals surface area contributed by atoms with Crippen LogP contribution in [-0.4, -0.2) is 36.4 Å². The van der Waals surface area contributed by atoms with Crippen molar-refractivity contribution in [3.63, 3.8) is 0 Å². The molecule has 0 bridgehead atoms. The molecule has 8 heteroatoms. The van der Waals surface area contributed by atoms with E-state index in [-0.39, 0.29) is 19.3 Å². The number of carbonyl (C=O) groups excluding carboxylic acids is 1. The summed E-state index contributed by atoms with van der Waals surface area (Å²) < 4.78 is 67.0. The van der Waals surface area contributed by atoms with Crippen LogP contribution in [0.2, 0.25) is 0 Å². The second kappa shape index (κ2) is 7.74. The molecule has 1 saturated heterocycles. The van der Waals surface area contributed by atoms with E-state index >= 15 is 0 Å². The number of likely N-dealkylation sites (tertiary alicyclic amines) is 1. The van der Waals surface area contributed by atoms with Crippen LogP contribution in [-0.2, 0) is 22.3 Å². The minimum Gasteiger partial charge on any atom is -0.372 e. The lowest BCUT2D eigenvalue weighted by atomic mass is 10.1. The summed E-state index contributed by atoms with van der Waals surface area (Å²) in [6.45, 7) is 0.787. The third-order valence-corrected chi connectivity index (χ3v) is 3.61. The molecule has 0 saturated carbocycles. The number of alkyl halides is 5. The Labute approximate surface area is 135 Å². The van der Waals surface area contributed by atoms with Crippen molar-refractivity contribution < 1.29 is 31.5 Å². The number of hydrogen-bond acceptors (Lipinski definition) is 2. The lowest BCUT2D eigenvalue weighted by molar-refractivity contribution is -0.137. The quantitative estimate of drug-likeness (QED) is 0.600. The lowest BCUT2D eigenvalue weighted by Crippen LogP contribution is -2.28. The zero-order chi connectivity index (χ0) is 17.7. The molecule has 0 N–H and O–H groups in total. The van der Waals surface area contributed by atoms with E-state index in [1.54, 1.807) is 0 Å². The first-order chi connectivity index (χ1) is 11.3. The molecule has 3 nitrogen and oxygen atoms in total. The maximum absolute atomic E-state index is 12.5. The van der Waals surface area contributed by atoms with Crippen LogP contribution in [0.1, 0.15) is 17.5 Å². The summed E-state index contributed by atoms with van der Waals surface area (Å²) in [7, 11) is 0. The average molecular weight is 349 g/mol. The van der Waals surface area contributed by atoms with Crippen molar-refractivity contribution in [2.45, 2.75) is 31.7 Å². The van der Waals surface area contributed by atoms with Crippen LogP contribution >= 0.6 is 0 Å². The van der Waals surface area contributed by atoms with Gasteiger partial charge in [-0.15, -0.1) is 0 Å². The minimum absolute atomic E-state index is 0.123. The summed E-state index contributed by atoms with van der Waals surface area (Å²) in [6.07, 6.45) is -5.41. The molecule has 1 aromatic carbocycles. The summed E-state index contributed by atoms with van der Waals surface area (Å²) >= 11 is 0. The standard InChI is InChI=1S/C16H16F5NO2/c17-14(18)5-6-15(23)22-8-7-13(9-22)24-10-11-1-3-12(4-2-11)16(19,20)21/h1-6,13-14H,7-10H2/b6-5+. The van der Waals surface area contributed by atoms with Gasteiger partial charge >= 0.3 is 6.18 Å². The fraction of sp³-hybridized carbons (Fsp3) is 0.438. The SMILES string of the molecule is O=C(/C=C/C(F)F)N1CCC(OCc2ccc(C(F)(F)F)cc2)C1. The minimum atomic E-state index is -4.38. The molecule has 1 unspecified atom stereocenters. The highest BCUT2D eigenvalue weighted by atomic mass is 19.4. The fourth-order valence-corrected chi connectivity index (χ4v) is 2.33. The highest BCUT2D eigenvalue weighted by Crippen LogP contribution is 2.29. The number of amides is 1. The second-order valence-corrected chi connectivity index (χ2v) is 5.39. The Morgan fingerprint density at radius 1 is 1.29 bits per heavy atom. The Hall–Kier alpha value is -1.96. The molecule has 0 radical (unpaired) electrons. The monoisotopic (exact) mass is 349 g/mol. The fourth-order valence-electron chi connectivity index (χ4n) is 2.33. The van der Waals surface area contributed by atoms with Crippen molar-refractivity contribution in [1.82, 2.24) is 4.90 Å². The van der Waals surface area contributed by atoms with E-state index in [0.29, 0.717) is 24.6 Å². The van der Waals surface area contributed by atoms with Gasteiger partial charge in [0, 0.05) is 19.2 Å². The van der Waals surface area contributed by atoms with Gasteiger partial charge in [-0.25, -0.2) is 8.78 Å². The first-order valence-corrected chi connectivity index (χ1v) is 7.28. The van der Waals surface area contributed by atoms with Crippen molar-refractivity contribution in [1.29, 1.82) is 0 Å². The molecule has 1 aliphatic heterocycles. The lowest BCUT2D eigenvalue weighted by Gasteiger charge is -2.15. The summed E-state index contributed by atoms with van der Waals surface area (Å²) in [6, 6.07) is 4.65. The Morgan fingerprint density at radius 3 is 2.54 bits per heavy atom. The van der Waals surface area contributed by atoms with Crippen LogP contribution in [0.5, 0.6) is 0 Å². The maximum atomic E-state index is 12.5. The van der Waals surface area contributed by atoms with Gasteiger partial charge in [-0.2, -0.15) is 13.2 Å². The van der Waals surface area contributed by atoms with E-state index < -0.39 is 24.1 Å². The van der Waals surface area contributed by atoms with Gasteiger partial charge in [-0.1, -0.05) is 12.1 Å². The van der Waals surface area contributed by atoms with Crippen molar-refractivity contribution in [2.75, 3.05) is 13.1 Å². The predicted molar refractivity (Wildman–Crippen MR) is 76.4 cm³/mol. The molecule has 1 fully saturated rings. The number of hydrogen-bond donors (Lipinski definition) is 0. The van der Waals surface area contributed by atoms with Gasteiger partial charge in [-0.3, -0.25) is 4.79 Å². The first kappa shape index (κ1) is 18.4. The van der Waals surface area contributed by atoms with Crippen LogP contribution in [0.3, 0.4) is 0 Å². The molecule has 1 amide bonds. The second-order valence-electron chi connectivity index (χ2n) is 5.39. The first-order valence-electron chi connectivity index (χ1n) is 7.28. The maximum Gasteiger partial charge on any atom is 0.416 e. The van der Waals surface area contributed by atoms with E-state index in [4.69, 9.17) is 4.74 Å². The number of nitrogens with zero attached hydrogens (tertiary/aromatic N) is 1. The van der Waals surface area contributed by atoms with Crippen molar-refractivity contribution >= 4 is 5.91 Å². The highest BCUT2D eigenvalue weighted by Gasteiger charge is 2.30. The van der Waals surface area contributed by atoms with Gasteiger partial charge in [0.05, 0.1) is 18.3 Å². The van der Waals surface area contributed by atoms with Crippen LogP contribution in [0, 0.1) is 0 Å². The molecule has 0 spiro atoms. The van der Waals surface area contributed by atoms with Gasteiger partial charge in [0.15, 0.2) is 0 Å². The van der Waals surface area contributed by atoms with E-state index in [2.05, 4.69) is 0 Å². The Morgan fingerprint density at radius 2 is 1.96 bits per heavy atom. The van der Waals surface area contributed by atoms with E-state index in [9.17, 15) is 26.7 Å². The molecular weight excluding hydrogens is 333 g/mol. The van der Waals surface area contributed by atoms with Crippen molar-refractivity contribution in [3.05, 3.63) is 47.5 Å². The number of allylic oxidation sites excluding steroid dienone is 1. The van der Waals surface area contributed by atoms with Crippen LogP contribution in [0.15, 0.2) is 36.4 Å². The topological polar surface area (TPSA) is 29.5 Å². The van der Waals surface area contributed by atoms with Crippen LogP contribution < -0.4 is 0 Å². The molecule has 132 valence electrons. The highest BCUT2D eigenvalue weighted by molar-refractivity contribution is 5.87. The molecular formula is C16H16F5NO2. The summed E-state index contributed by atoms with van der Waals surface area (Å²) in [5, 5.41) is 0. The predicted octanol–water partition coefficient (Wildman–Crippen LogP) is 3.64. The van der Waals surface area contributed by atoms with E-state index in [1.165, 1.54) is 17.0 Å². The third kappa shape index (κ3) is 5.30. The van der Waals surface area contributed by atoms with Crippen molar-refractivity contribution in [3.8, 4) is 0 Å². The van der Waals surface area contributed by atoms with E-state index in [1.807, 2.05) is 0 Å². The van der Waals surface area contributed by atoms with Gasteiger partial charge in [0.2, 0.25) is 5.91 Å². The van der Waals surface area contributed by atoms with Gasteiger partial charge in [-0.05, 0) is 30.2 Å². The van der Waals surface area contributed by atoms with Crippen molar-refractivity contribution in [2.24, 2.45) is 0 Å². The summed E-state index contributed by atoms with van der Waals surface area (Å²) in [5.41, 5.74) is -0.139. The molecule has 1 heterocycles. The zero-order valence-corrected chi connectivity index (χ0v) is 12.6. The molecule has 1 aliphatic rings. The van der Waals surface area contributed by atoms with Gasteiger partial charge in [0.1, 0.15) is 0 Å². The number of halogens is 5. The number of carbonyl (C=O) groups is 1. The average Bonchev–Trinajstić information content (AvgIpc) is 2.99. The van der Waals surface area contributed by atoms with Crippen LogP contribution in [0.25, 0.3) is 0 Å². The van der Waals surface area contributed by atoms with Crippen LogP contribution in [0.4, 0.5) is 22.0 Å². The number of rotatable bonds is 5. The molecule has 1 atom stereocenters. The number of benzene rings is 1. The Bertz CT molecular complexity index is 583.